The van der Waals surface area contributed by atoms with E-state index in [1.165, 1.54) is 36.5 Å². The maximum atomic E-state index is 14.9. The Balaban J connectivity index is 1.42. The van der Waals surface area contributed by atoms with Crippen LogP contribution in [0.3, 0.4) is 0 Å². The van der Waals surface area contributed by atoms with Crippen molar-refractivity contribution >= 4 is 23.3 Å². The minimum atomic E-state index is -3.08. The van der Waals surface area contributed by atoms with Crippen LogP contribution >= 0.6 is 0 Å². The molecule has 0 aliphatic heterocycles. The fraction of sp³-hybridized carbons (Fsp3) is 0.500. The second-order valence-corrected chi connectivity index (χ2v) is 12.0. The smallest absolute Gasteiger partial charge is 0.431 e. The molecule has 0 bridgehead atoms. The molecule has 2 heterocycles. The number of nitro benzene ring substituents is 1. The van der Waals surface area contributed by atoms with Gasteiger partial charge in [0.1, 0.15) is 23.4 Å². The van der Waals surface area contributed by atoms with Crippen molar-refractivity contribution in [2.24, 2.45) is 5.73 Å². The molecular weight excluding hydrogens is 562 g/mol. The first kappa shape index (κ1) is 31.8. The number of hydrogen-bond acceptors (Lipinski definition) is 9. The number of nitro groups is 1. The Kier molecular flexibility index (Phi) is 9.63. The lowest BCUT2D eigenvalue weighted by Crippen LogP contribution is -2.25. The van der Waals surface area contributed by atoms with Crippen molar-refractivity contribution in [2.45, 2.75) is 95.7 Å². The molecule has 2 aromatic heterocycles. The number of nitrogens with one attached hydrogen (secondary N) is 1. The van der Waals surface area contributed by atoms with Crippen molar-refractivity contribution in [3.8, 4) is 5.75 Å². The zero-order chi connectivity index (χ0) is 31.4. The van der Waals surface area contributed by atoms with Gasteiger partial charge in [-0.3, -0.25) is 15.1 Å². The predicted octanol–water partition coefficient (Wildman–Crippen LogP) is 7.15. The lowest BCUT2D eigenvalue weighted by molar-refractivity contribution is -0.384. The summed E-state index contributed by atoms with van der Waals surface area (Å²) in [5.41, 5.74) is 6.14. The minimum Gasteiger partial charge on any atom is -0.431 e. The van der Waals surface area contributed by atoms with E-state index in [4.69, 9.17) is 20.3 Å². The van der Waals surface area contributed by atoms with Crippen LogP contribution in [0.5, 0.6) is 5.75 Å². The largest absolute Gasteiger partial charge is 0.514 e. The van der Waals surface area contributed by atoms with Gasteiger partial charge in [0, 0.05) is 48.5 Å². The van der Waals surface area contributed by atoms with Crippen molar-refractivity contribution in [3.63, 3.8) is 0 Å². The van der Waals surface area contributed by atoms with Crippen LogP contribution in [0.1, 0.15) is 83.5 Å². The second-order valence-electron chi connectivity index (χ2n) is 12.0. The number of carbonyl (C=O) groups is 1. The van der Waals surface area contributed by atoms with Crippen LogP contribution in [0.4, 0.5) is 30.8 Å². The molecule has 11 nitrogen and oxygen atoms in total. The van der Waals surface area contributed by atoms with E-state index in [0.29, 0.717) is 37.2 Å². The van der Waals surface area contributed by atoms with Gasteiger partial charge in [-0.25, -0.2) is 9.48 Å². The van der Waals surface area contributed by atoms with E-state index in [1.54, 1.807) is 13.0 Å². The molecule has 3 aromatic rings. The van der Waals surface area contributed by atoms with E-state index in [9.17, 15) is 23.7 Å². The van der Waals surface area contributed by atoms with E-state index in [0.717, 1.165) is 12.1 Å². The molecule has 1 saturated carbocycles. The van der Waals surface area contributed by atoms with E-state index in [-0.39, 0.29) is 41.6 Å². The predicted molar refractivity (Wildman–Crippen MR) is 157 cm³/mol. The first-order chi connectivity index (χ1) is 20.2. The maximum Gasteiger partial charge on any atom is 0.514 e. The number of nitrogens with zero attached hydrogens (tertiary/aromatic N) is 4. The zero-order valence-corrected chi connectivity index (χ0v) is 24.8. The van der Waals surface area contributed by atoms with E-state index < -0.39 is 22.5 Å². The van der Waals surface area contributed by atoms with Crippen LogP contribution in [0, 0.1) is 10.1 Å². The van der Waals surface area contributed by atoms with E-state index in [1.807, 2.05) is 31.5 Å². The molecule has 1 aliphatic carbocycles. The fourth-order valence-electron chi connectivity index (χ4n) is 5.04. The molecule has 1 aliphatic rings. The molecule has 1 fully saturated rings. The lowest BCUT2D eigenvalue weighted by Gasteiger charge is -2.23. The van der Waals surface area contributed by atoms with Gasteiger partial charge < -0.3 is 20.5 Å². The summed E-state index contributed by atoms with van der Waals surface area (Å²) in [5.74, 6) is -2.29. The normalized spacial score (nSPS) is 17.8. The molecule has 0 radical (unpaired) electrons. The van der Waals surface area contributed by atoms with E-state index in [2.05, 4.69) is 10.3 Å². The summed E-state index contributed by atoms with van der Waals surface area (Å²) in [6.45, 7) is 7.78. The highest BCUT2D eigenvalue weighted by Crippen LogP contribution is 2.39. The average Bonchev–Trinajstić information content (AvgIpc) is 3.56. The molecule has 1 aromatic carbocycles. The molecule has 0 spiro atoms. The highest BCUT2D eigenvalue weighted by Gasteiger charge is 2.34. The summed E-state index contributed by atoms with van der Waals surface area (Å²) in [4.78, 5) is 26.5. The first-order valence-corrected chi connectivity index (χ1v) is 14.3. The number of non-ortho nitro benzene ring substituents is 1. The number of alkyl halides is 2. The van der Waals surface area contributed by atoms with Crippen molar-refractivity contribution < 1.29 is 28.0 Å². The number of aromatic nitrogens is 3. The third kappa shape index (κ3) is 8.46. The van der Waals surface area contributed by atoms with Crippen LogP contribution in [0.25, 0.3) is 0 Å². The third-order valence-corrected chi connectivity index (χ3v) is 7.24. The molecular formula is C30H38F2N6O5. The maximum absolute atomic E-state index is 14.9. The highest BCUT2D eigenvalue weighted by atomic mass is 19.3. The van der Waals surface area contributed by atoms with Crippen LogP contribution in [-0.2, 0) is 16.2 Å². The molecule has 3 N–H and O–H groups in total. The molecule has 13 heteroatoms. The standard InChI is InChI=1S/C30H38F2N6O5/c1-19(33)6-5-14-30(31,32)26-17-21(13-15-34-26)35-27-18-25(36-37(27)29(2,3)4)20-7-10-24(16-20)43-28(39)42-23-11-8-22(9-12-23)38(40)41/h8-9,11-13,15,17-20,24H,5-7,10,14,16,33H2,1-4H3,(H,34,35)/t19-,20-,24+/m0/s1. The Morgan fingerprint density at radius 1 is 1.21 bits per heavy atom. The van der Waals surface area contributed by atoms with Gasteiger partial charge in [0.25, 0.3) is 11.6 Å². The van der Waals surface area contributed by atoms with Crippen LogP contribution in [0.15, 0.2) is 48.7 Å². The number of nitrogens with two attached hydrogens (primary N) is 1. The van der Waals surface area contributed by atoms with Crippen molar-refractivity contribution in [2.75, 3.05) is 5.32 Å². The van der Waals surface area contributed by atoms with Crippen LogP contribution < -0.4 is 15.8 Å². The Labute approximate surface area is 248 Å². The second kappa shape index (κ2) is 13.0. The quantitative estimate of drug-likeness (QED) is 0.101. The van der Waals surface area contributed by atoms with Gasteiger partial charge in [-0.05, 0) is 84.1 Å². The minimum absolute atomic E-state index is 0.00333. The molecule has 43 heavy (non-hydrogen) atoms. The van der Waals surface area contributed by atoms with Gasteiger partial charge in [-0.2, -0.15) is 13.9 Å². The first-order valence-electron chi connectivity index (χ1n) is 14.3. The van der Waals surface area contributed by atoms with Crippen LogP contribution in [0.2, 0.25) is 0 Å². The number of pyridine rings is 1. The summed E-state index contributed by atoms with van der Waals surface area (Å²) in [7, 11) is 0. The topological polar surface area (TPSA) is 147 Å². The summed E-state index contributed by atoms with van der Waals surface area (Å²) in [6.07, 6.45) is 2.43. The van der Waals surface area contributed by atoms with Crippen molar-refractivity contribution in [1.82, 2.24) is 14.8 Å². The lowest BCUT2D eigenvalue weighted by atomic mass is 10.0. The Hall–Kier alpha value is -4.13. The molecule has 0 amide bonds. The van der Waals surface area contributed by atoms with Gasteiger partial charge in [0.15, 0.2) is 0 Å². The highest BCUT2D eigenvalue weighted by molar-refractivity contribution is 5.64. The Morgan fingerprint density at radius 2 is 1.93 bits per heavy atom. The molecule has 3 atom stereocenters. The molecule has 0 saturated heterocycles. The van der Waals surface area contributed by atoms with Crippen LogP contribution in [-0.4, -0.2) is 38.0 Å². The third-order valence-electron chi connectivity index (χ3n) is 7.24. The van der Waals surface area contributed by atoms with Gasteiger partial charge in [-0.1, -0.05) is 0 Å². The number of rotatable bonds is 11. The zero-order valence-electron chi connectivity index (χ0n) is 24.8. The molecule has 0 unspecified atom stereocenters. The fourth-order valence-corrected chi connectivity index (χ4v) is 5.04. The number of anilines is 2. The van der Waals surface area contributed by atoms with Gasteiger partial charge >= 0.3 is 6.16 Å². The summed E-state index contributed by atoms with van der Waals surface area (Å²) in [6, 6.07) is 9.91. The average molecular weight is 601 g/mol. The SMILES string of the molecule is C[C@H](N)CCCC(F)(F)c1cc(Nc2cc([C@H]3CC[C@@H](OC(=O)Oc4ccc([N+](=O)[O-])cc4)C3)nn2C(C)(C)C)ccn1. The number of ether oxygens (including phenoxy) is 2. The number of halogens is 2. The Morgan fingerprint density at radius 3 is 2.58 bits per heavy atom. The van der Waals surface area contributed by atoms with Crippen molar-refractivity contribution in [1.29, 1.82) is 0 Å². The van der Waals surface area contributed by atoms with E-state index >= 15 is 0 Å². The van der Waals surface area contributed by atoms with Gasteiger partial charge in [0.05, 0.1) is 16.2 Å². The number of carbonyl (C=O) groups excluding carboxylic acids is 1. The van der Waals surface area contributed by atoms with Crippen molar-refractivity contribution in [3.05, 3.63) is 70.2 Å². The summed E-state index contributed by atoms with van der Waals surface area (Å²) >= 11 is 0. The molecule has 4 rings (SSSR count). The Bertz CT molecular complexity index is 1420. The monoisotopic (exact) mass is 600 g/mol. The number of benzene rings is 1. The number of hydrogen-bond donors (Lipinski definition) is 2. The van der Waals surface area contributed by atoms with Gasteiger partial charge in [0.2, 0.25) is 0 Å². The summed E-state index contributed by atoms with van der Waals surface area (Å²) < 4.78 is 42.3. The van der Waals surface area contributed by atoms with Gasteiger partial charge in [-0.15, -0.1) is 0 Å². The molecule has 232 valence electrons. The summed E-state index contributed by atoms with van der Waals surface area (Å²) in [5, 5.41) is 18.9.